The van der Waals surface area contributed by atoms with Crippen molar-refractivity contribution in [1.29, 1.82) is 0 Å². The van der Waals surface area contributed by atoms with Crippen molar-refractivity contribution in [3.63, 3.8) is 0 Å². The molecule has 0 radical (unpaired) electrons. The number of rotatable bonds is 2. The Morgan fingerprint density at radius 3 is 2.63 bits per heavy atom. The molecule has 3 heteroatoms. The number of aromatic nitrogens is 2. The molecule has 3 rings (SSSR count). The first kappa shape index (κ1) is 12.2. The van der Waals surface area contributed by atoms with E-state index in [2.05, 4.69) is 54.7 Å². The topological polar surface area (TPSA) is 43.8 Å². The maximum Gasteiger partial charge on any atom is 0.0519 e. The van der Waals surface area contributed by atoms with Crippen LogP contribution >= 0.6 is 0 Å². The molecule has 0 unspecified atom stereocenters. The number of hydrogen-bond acceptors (Lipinski definition) is 2. The minimum atomic E-state index is -0.00142. The fourth-order valence-corrected chi connectivity index (χ4v) is 2.60. The number of benzene rings is 1. The van der Waals surface area contributed by atoms with E-state index >= 15 is 0 Å². The quantitative estimate of drug-likeness (QED) is 0.763. The van der Waals surface area contributed by atoms with Crippen LogP contribution in [0.5, 0.6) is 0 Å². The number of nitrogens with two attached hydrogens (primary N) is 1. The zero-order valence-electron chi connectivity index (χ0n) is 11.6. The van der Waals surface area contributed by atoms with E-state index in [1.807, 2.05) is 12.4 Å². The summed E-state index contributed by atoms with van der Waals surface area (Å²) in [7, 11) is 2.10. The van der Waals surface area contributed by atoms with Crippen molar-refractivity contribution in [3.8, 4) is 0 Å². The van der Waals surface area contributed by atoms with Crippen LogP contribution in [0.15, 0.2) is 36.7 Å². The second kappa shape index (κ2) is 4.07. The monoisotopic (exact) mass is 253 g/mol. The van der Waals surface area contributed by atoms with Crippen LogP contribution in [0, 0.1) is 0 Å². The van der Waals surface area contributed by atoms with Gasteiger partial charge in [-0.05, 0) is 23.8 Å². The molecule has 0 spiro atoms. The van der Waals surface area contributed by atoms with Crippen molar-refractivity contribution in [3.05, 3.63) is 42.2 Å². The van der Waals surface area contributed by atoms with Gasteiger partial charge in [0.05, 0.1) is 5.52 Å². The molecule has 0 aliphatic rings. The molecule has 19 heavy (non-hydrogen) atoms. The van der Waals surface area contributed by atoms with E-state index in [1.54, 1.807) is 0 Å². The molecule has 0 fully saturated rings. The average Bonchev–Trinajstić information content (AvgIpc) is 2.73. The molecule has 3 nitrogen and oxygen atoms in total. The highest BCUT2D eigenvalue weighted by molar-refractivity contribution is 6.07. The van der Waals surface area contributed by atoms with E-state index in [1.165, 1.54) is 27.4 Å². The fourth-order valence-electron chi connectivity index (χ4n) is 2.60. The lowest BCUT2D eigenvalue weighted by Crippen LogP contribution is -2.27. The molecule has 1 aromatic carbocycles. The lowest BCUT2D eigenvalue weighted by molar-refractivity contribution is 0.540. The first-order valence-corrected chi connectivity index (χ1v) is 6.57. The molecule has 0 saturated heterocycles. The summed E-state index contributed by atoms with van der Waals surface area (Å²) < 4.78 is 2.21. The van der Waals surface area contributed by atoms with Gasteiger partial charge in [0, 0.05) is 47.7 Å². The van der Waals surface area contributed by atoms with E-state index < -0.39 is 0 Å². The van der Waals surface area contributed by atoms with Crippen LogP contribution < -0.4 is 5.73 Å². The SMILES string of the molecule is Cn1c2ccncc2c2cc(C(C)(C)CN)ccc21. The minimum absolute atomic E-state index is 0.00142. The van der Waals surface area contributed by atoms with Gasteiger partial charge < -0.3 is 10.3 Å². The Hall–Kier alpha value is -1.87. The van der Waals surface area contributed by atoms with Gasteiger partial charge in [0.1, 0.15) is 0 Å². The first-order chi connectivity index (χ1) is 9.04. The van der Waals surface area contributed by atoms with Crippen molar-refractivity contribution in [2.45, 2.75) is 19.3 Å². The number of nitrogens with zero attached hydrogens (tertiary/aromatic N) is 2. The number of fused-ring (bicyclic) bond motifs is 3. The van der Waals surface area contributed by atoms with Gasteiger partial charge in [0.15, 0.2) is 0 Å². The van der Waals surface area contributed by atoms with E-state index in [-0.39, 0.29) is 5.41 Å². The molecule has 98 valence electrons. The van der Waals surface area contributed by atoms with Crippen molar-refractivity contribution in [1.82, 2.24) is 9.55 Å². The Kier molecular flexibility index (Phi) is 2.61. The maximum atomic E-state index is 5.88. The molecule has 0 saturated carbocycles. The summed E-state index contributed by atoms with van der Waals surface area (Å²) in [6.45, 7) is 5.00. The molecule has 0 aliphatic carbocycles. The van der Waals surface area contributed by atoms with Gasteiger partial charge in [0.25, 0.3) is 0 Å². The average molecular weight is 253 g/mol. The predicted molar refractivity (Wildman–Crippen MR) is 80.3 cm³/mol. The Morgan fingerprint density at radius 2 is 1.89 bits per heavy atom. The highest BCUT2D eigenvalue weighted by atomic mass is 14.9. The van der Waals surface area contributed by atoms with E-state index in [0.29, 0.717) is 6.54 Å². The third-order valence-corrected chi connectivity index (χ3v) is 4.10. The number of aryl methyl sites for hydroxylation is 1. The molecular weight excluding hydrogens is 234 g/mol. The van der Waals surface area contributed by atoms with Crippen molar-refractivity contribution in [2.24, 2.45) is 12.8 Å². The zero-order chi connectivity index (χ0) is 13.6. The van der Waals surface area contributed by atoms with Crippen LogP contribution in [-0.4, -0.2) is 16.1 Å². The van der Waals surface area contributed by atoms with Gasteiger partial charge >= 0.3 is 0 Å². The van der Waals surface area contributed by atoms with Crippen LogP contribution in [-0.2, 0) is 12.5 Å². The fraction of sp³-hybridized carbons (Fsp3) is 0.312. The summed E-state index contributed by atoms with van der Waals surface area (Å²) in [4.78, 5) is 4.25. The predicted octanol–water partition coefficient (Wildman–Crippen LogP) is 2.96. The minimum Gasteiger partial charge on any atom is -0.344 e. The normalized spacial score (nSPS) is 12.4. The highest BCUT2D eigenvalue weighted by Crippen LogP contribution is 2.31. The Bertz CT molecular complexity index is 753. The van der Waals surface area contributed by atoms with Crippen LogP contribution in [0.3, 0.4) is 0 Å². The smallest absolute Gasteiger partial charge is 0.0519 e. The lowest BCUT2D eigenvalue weighted by Gasteiger charge is -2.23. The van der Waals surface area contributed by atoms with E-state index in [4.69, 9.17) is 5.73 Å². The van der Waals surface area contributed by atoms with E-state index in [9.17, 15) is 0 Å². The zero-order valence-corrected chi connectivity index (χ0v) is 11.6. The van der Waals surface area contributed by atoms with Gasteiger partial charge in [0.2, 0.25) is 0 Å². The standard InChI is InChI=1S/C16H19N3/c1-16(2,10-17)11-4-5-14-12(8-11)13-9-18-7-6-15(13)19(14)3/h4-9H,10,17H2,1-3H3. The summed E-state index contributed by atoms with van der Waals surface area (Å²) in [6, 6.07) is 8.68. The molecule has 2 heterocycles. The van der Waals surface area contributed by atoms with Crippen molar-refractivity contribution < 1.29 is 0 Å². The lowest BCUT2D eigenvalue weighted by atomic mass is 9.84. The number of hydrogen-bond donors (Lipinski definition) is 1. The Morgan fingerprint density at radius 1 is 1.16 bits per heavy atom. The summed E-state index contributed by atoms with van der Waals surface area (Å²) in [5.74, 6) is 0. The molecule has 0 atom stereocenters. The summed E-state index contributed by atoms with van der Waals surface area (Å²) in [5.41, 5.74) is 9.61. The molecule has 0 bridgehead atoms. The molecular formula is C16H19N3. The third kappa shape index (κ3) is 1.73. The van der Waals surface area contributed by atoms with Crippen molar-refractivity contribution >= 4 is 21.8 Å². The third-order valence-electron chi connectivity index (χ3n) is 4.10. The van der Waals surface area contributed by atoms with Crippen LogP contribution in [0.2, 0.25) is 0 Å². The molecule has 0 amide bonds. The van der Waals surface area contributed by atoms with E-state index in [0.717, 1.165) is 0 Å². The van der Waals surface area contributed by atoms with Crippen LogP contribution in [0.1, 0.15) is 19.4 Å². The molecule has 3 aromatic rings. The van der Waals surface area contributed by atoms with Crippen LogP contribution in [0.4, 0.5) is 0 Å². The second-order valence-corrected chi connectivity index (χ2v) is 5.77. The Balaban J connectivity index is 2.37. The summed E-state index contributed by atoms with van der Waals surface area (Å²) >= 11 is 0. The highest BCUT2D eigenvalue weighted by Gasteiger charge is 2.19. The Labute approximate surface area is 113 Å². The maximum absolute atomic E-state index is 5.88. The van der Waals surface area contributed by atoms with Gasteiger partial charge in [-0.1, -0.05) is 19.9 Å². The van der Waals surface area contributed by atoms with Crippen LogP contribution in [0.25, 0.3) is 21.8 Å². The summed E-state index contributed by atoms with van der Waals surface area (Å²) in [6.07, 6.45) is 3.78. The van der Waals surface area contributed by atoms with Crippen molar-refractivity contribution in [2.75, 3.05) is 6.54 Å². The van der Waals surface area contributed by atoms with Gasteiger partial charge in [-0.25, -0.2) is 0 Å². The summed E-state index contributed by atoms with van der Waals surface area (Å²) in [5, 5.41) is 2.46. The number of pyridine rings is 1. The van der Waals surface area contributed by atoms with Gasteiger partial charge in [-0.3, -0.25) is 4.98 Å². The molecule has 2 N–H and O–H groups in total. The first-order valence-electron chi connectivity index (χ1n) is 6.57. The molecule has 2 aromatic heterocycles. The largest absolute Gasteiger partial charge is 0.344 e. The second-order valence-electron chi connectivity index (χ2n) is 5.77. The molecule has 0 aliphatic heterocycles. The van der Waals surface area contributed by atoms with Gasteiger partial charge in [-0.2, -0.15) is 0 Å². The van der Waals surface area contributed by atoms with Gasteiger partial charge in [-0.15, -0.1) is 0 Å².